The van der Waals surface area contributed by atoms with Crippen molar-refractivity contribution >= 4 is 12.1 Å². The number of carbonyl (C=O) groups is 2. The van der Waals surface area contributed by atoms with Crippen molar-refractivity contribution in [3.05, 3.63) is 42.2 Å². The van der Waals surface area contributed by atoms with Gasteiger partial charge in [-0.25, -0.2) is 9.59 Å². The van der Waals surface area contributed by atoms with E-state index in [-0.39, 0.29) is 13.2 Å². The molecule has 0 unspecified atom stereocenters. The van der Waals surface area contributed by atoms with Crippen LogP contribution in [0.2, 0.25) is 0 Å². The molecule has 7 heteroatoms. The molecule has 1 aromatic rings. The molecule has 0 spiro atoms. The van der Waals surface area contributed by atoms with Crippen LogP contribution in [0.25, 0.3) is 0 Å². The molecule has 1 heterocycles. The second-order valence-corrected chi connectivity index (χ2v) is 5.05. The van der Waals surface area contributed by atoms with Crippen molar-refractivity contribution in [3.63, 3.8) is 0 Å². The summed E-state index contributed by atoms with van der Waals surface area (Å²) in [6.45, 7) is 6.47. The van der Waals surface area contributed by atoms with Crippen LogP contribution >= 0.6 is 0 Å². The predicted molar refractivity (Wildman–Crippen MR) is 88.5 cm³/mol. The minimum Gasteiger partial charge on any atom is -0.460 e. The Bertz CT molecular complexity index is 519. The van der Waals surface area contributed by atoms with Gasteiger partial charge in [-0.2, -0.15) is 0 Å². The molecule has 0 aliphatic heterocycles. The molecule has 1 aromatic heterocycles. The lowest BCUT2D eigenvalue weighted by molar-refractivity contribution is -0.140. The Kier molecular flexibility index (Phi) is 9.87. The third kappa shape index (κ3) is 9.58. The molecule has 24 heavy (non-hydrogen) atoms. The van der Waals surface area contributed by atoms with Crippen LogP contribution in [0.1, 0.15) is 18.9 Å². The van der Waals surface area contributed by atoms with Gasteiger partial charge < -0.3 is 19.5 Å². The minimum absolute atomic E-state index is 0.158. The van der Waals surface area contributed by atoms with Crippen LogP contribution in [0.4, 0.5) is 4.79 Å². The molecule has 1 rings (SSSR count). The molecule has 1 amide bonds. The van der Waals surface area contributed by atoms with Crippen molar-refractivity contribution in [2.24, 2.45) is 0 Å². The maximum atomic E-state index is 11.4. The fourth-order valence-electron chi connectivity index (χ4n) is 1.69. The van der Waals surface area contributed by atoms with Gasteiger partial charge in [0.25, 0.3) is 0 Å². The van der Waals surface area contributed by atoms with Crippen LogP contribution in [-0.4, -0.2) is 50.0 Å². The molecule has 0 saturated heterocycles. The Hall–Kier alpha value is -2.41. The first-order valence-electron chi connectivity index (χ1n) is 7.79. The minimum atomic E-state index is -0.470. The SMILES string of the molecule is C=C(C)C(=O)OCCOCCNC(=O)OCCCc1ccncc1. The zero-order valence-electron chi connectivity index (χ0n) is 14.0. The molecule has 0 aliphatic rings. The van der Waals surface area contributed by atoms with E-state index in [1.807, 2.05) is 12.1 Å². The lowest BCUT2D eigenvalue weighted by Gasteiger charge is -2.08. The van der Waals surface area contributed by atoms with E-state index in [0.29, 0.717) is 25.3 Å². The highest BCUT2D eigenvalue weighted by Gasteiger charge is 2.03. The third-order valence-electron chi connectivity index (χ3n) is 2.92. The third-order valence-corrected chi connectivity index (χ3v) is 2.92. The number of amides is 1. The van der Waals surface area contributed by atoms with E-state index < -0.39 is 12.1 Å². The van der Waals surface area contributed by atoms with Gasteiger partial charge in [-0.1, -0.05) is 6.58 Å². The fourth-order valence-corrected chi connectivity index (χ4v) is 1.69. The summed E-state index contributed by atoms with van der Waals surface area (Å²) in [5.74, 6) is -0.438. The van der Waals surface area contributed by atoms with Gasteiger partial charge in [0.2, 0.25) is 0 Å². The summed E-state index contributed by atoms with van der Waals surface area (Å²) in [4.78, 5) is 26.5. The van der Waals surface area contributed by atoms with Crippen LogP contribution in [-0.2, 0) is 25.4 Å². The zero-order valence-corrected chi connectivity index (χ0v) is 14.0. The first kappa shape index (κ1) is 19.6. The van der Waals surface area contributed by atoms with Gasteiger partial charge in [0.05, 0.1) is 19.8 Å². The molecule has 132 valence electrons. The van der Waals surface area contributed by atoms with Crippen LogP contribution < -0.4 is 5.32 Å². The molecule has 0 aliphatic carbocycles. The Labute approximate surface area is 142 Å². The Morgan fingerprint density at radius 1 is 1.12 bits per heavy atom. The predicted octanol–water partition coefficient (Wildman–Crippen LogP) is 1.88. The molecule has 0 aromatic carbocycles. The van der Waals surface area contributed by atoms with E-state index in [1.54, 1.807) is 19.3 Å². The highest BCUT2D eigenvalue weighted by molar-refractivity contribution is 5.86. The number of aromatic nitrogens is 1. The van der Waals surface area contributed by atoms with Gasteiger partial charge in [0.15, 0.2) is 0 Å². The number of nitrogens with one attached hydrogen (secondary N) is 1. The number of aryl methyl sites for hydroxylation is 1. The number of esters is 1. The summed E-state index contributed by atoms with van der Waals surface area (Å²) in [6, 6.07) is 3.87. The van der Waals surface area contributed by atoms with E-state index in [2.05, 4.69) is 16.9 Å². The van der Waals surface area contributed by atoms with Crippen LogP contribution in [0, 0.1) is 0 Å². The molecule has 7 nitrogen and oxygen atoms in total. The standard InChI is InChI=1S/C17H24N2O5/c1-14(2)16(20)23-13-12-22-11-9-19-17(21)24-10-3-4-15-5-7-18-8-6-15/h5-8H,1,3-4,9-13H2,2H3,(H,19,21). The van der Waals surface area contributed by atoms with Crippen molar-refractivity contribution in [1.82, 2.24) is 10.3 Å². The number of hydrogen-bond donors (Lipinski definition) is 1. The molecule has 0 atom stereocenters. The second-order valence-electron chi connectivity index (χ2n) is 5.05. The van der Waals surface area contributed by atoms with Crippen molar-refractivity contribution < 1.29 is 23.8 Å². The summed E-state index contributed by atoms with van der Waals surface area (Å²) >= 11 is 0. The van der Waals surface area contributed by atoms with Crippen molar-refractivity contribution in [3.8, 4) is 0 Å². The molecule has 0 saturated carbocycles. The Morgan fingerprint density at radius 3 is 2.58 bits per heavy atom. The number of alkyl carbamates (subject to hydrolysis) is 1. The number of pyridine rings is 1. The lowest BCUT2D eigenvalue weighted by atomic mass is 10.1. The summed E-state index contributed by atoms with van der Waals surface area (Å²) < 4.78 is 15.1. The number of carbonyl (C=O) groups excluding carboxylic acids is 2. The van der Waals surface area contributed by atoms with E-state index in [4.69, 9.17) is 14.2 Å². The van der Waals surface area contributed by atoms with Crippen molar-refractivity contribution in [2.75, 3.05) is 33.0 Å². The van der Waals surface area contributed by atoms with Gasteiger partial charge in [0.1, 0.15) is 6.61 Å². The van der Waals surface area contributed by atoms with Gasteiger partial charge in [-0.15, -0.1) is 0 Å². The quantitative estimate of drug-likeness (QED) is 0.377. The highest BCUT2D eigenvalue weighted by atomic mass is 16.6. The highest BCUT2D eigenvalue weighted by Crippen LogP contribution is 2.00. The lowest BCUT2D eigenvalue weighted by Crippen LogP contribution is -2.28. The normalized spacial score (nSPS) is 10.0. The van der Waals surface area contributed by atoms with Gasteiger partial charge in [0, 0.05) is 24.5 Å². The molecular formula is C17H24N2O5. The number of rotatable bonds is 11. The molecule has 1 N–H and O–H groups in total. The summed E-state index contributed by atoms with van der Waals surface area (Å²) in [7, 11) is 0. The summed E-state index contributed by atoms with van der Waals surface area (Å²) in [5.41, 5.74) is 1.51. The fraction of sp³-hybridized carbons (Fsp3) is 0.471. The molecular weight excluding hydrogens is 312 g/mol. The average molecular weight is 336 g/mol. The maximum Gasteiger partial charge on any atom is 0.407 e. The van der Waals surface area contributed by atoms with Crippen LogP contribution in [0.3, 0.4) is 0 Å². The number of nitrogens with zero attached hydrogens (tertiary/aromatic N) is 1. The second kappa shape index (κ2) is 12.1. The smallest absolute Gasteiger partial charge is 0.407 e. The van der Waals surface area contributed by atoms with Crippen molar-refractivity contribution in [1.29, 1.82) is 0 Å². The first-order valence-corrected chi connectivity index (χ1v) is 7.79. The molecule has 0 radical (unpaired) electrons. The Balaban J connectivity index is 1.91. The number of ether oxygens (including phenoxy) is 3. The van der Waals surface area contributed by atoms with E-state index in [1.165, 1.54) is 0 Å². The number of hydrogen-bond acceptors (Lipinski definition) is 6. The largest absolute Gasteiger partial charge is 0.460 e. The van der Waals surface area contributed by atoms with E-state index >= 15 is 0 Å². The topological polar surface area (TPSA) is 86.8 Å². The van der Waals surface area contributed by atoms with Gasteiger partial charge in [-0.3, -0.25) is 4.98 Å². The monoisotopic (exact) mass is 336 g/mol. The average Bonchev–Trinajstić information content (AvgIpc) is 2.58. The van der Waals surface area contributed by atoms with E-state index in [9.17, 15) is 9.59 Å². The van der Waals surface area contributed by atoms with Crippen LogP contribution in [0.5, 0.6) is 0 Å². The first-order chi connectivity index (χ1) is 11.6. The van der Waals surface area contributed by atoms with Gasteiger partial charge >= 0.3 is 12.1 Å². The van der Waals surface area contributed by atoms with Crippen molar-refractivity contribution in [2.45, 2.75) is 19.8 Å². The molecule has 0 bridgehead atoms. The zero-order chi connectivity index (χ0) is 17.6. The van der Waals surface area contributed by atoms with E-state index in [0.717, 1.165) is 18.4 Å². The molecule has 0 fully saturated rings. The maximum absolute atomic E-state index is 11.4. The van der Waals surface area contributed by atoms with Crippen LogP contribution in [0.15, 0.2) is 36.7 Å². The summed E-state index contributed by atoms with van der Waals surface area (Å²) in [5, 5.41) is 2.58. The Morgan fingerprint density at radius 2 is 1.88 bits per heavy atom. The van der Waals surface area contributed by atoms with Gasteiger partial charge in [-0.05, 0) is 37.5 Å². The summed E-state index contributed by atoms with van der Waals surface area (Å²) in [6.07, 6.45) is 4.59.